The highest BCUT2D eigenvalue weighted by atomic mass is 16.5. The molecular weight excluding hydrogens is 378 g/mol. The van der Waals surface area contributed by atoms with E-state index in [4.69, 9.17) is 15.2 Å². The van der Waals surface area contributed by atoms with Crippen molar-refractivity contribution < 1.29 is 14.3 Å². The highest BCUT2D eigenvalue weighted by Crippen LogP contribution is 2.49. The van der Waals surface area contributed by atoms with Gasteiger partial charge in [0.2, 0.25) is 0 Å². The average Bonchev–Trinajstić information content (AvgIpc) is 3.52. The molecule has 6 heteroatoms. The smallest absolute Gasteiger partial charge is 0.252 e. The van der Waals surface area contributed by atoms with Gasteiger partial charge in [0.05, 0.1) is 12.6 Å². The Kier molecular flexibility index (Phi) is 5.35. The van der Waals surface area contributed by atoms with Crippen molar-refractivity contribution in [2.45, 2.75) is 38.3 Å². The highest BCUT2D eigenvalue weighted by Gasteiger charge is 2.47. The lowest BCUT2D eigenvalue weighted by molar-refractivity contribution is 0.0930. The van der Waals surface area contributed by atoms with Crippen molar-refractivity contribution in [1.82, 2.24) is 10.3 Å². The fourth-order valence-electron chi connectivity index (χ4n) is 3.73. The molecule has 3 N–H and O–H groups in total. The summed E-state index contributed by atoms with van der Waals surface area (Å²) >= 11 is 0. The molecule has 0 bridgehead atoms. The van der Waals surface area contributed by atoms with Crippen LogP contribution in [0.25, 0.3) is 10.8 Å². The van der Waals surface area contributed by atoms with E-state index in [0.717, 1.165) is 40.5 Å². The largest absolute Gasteiger partial charge is 0.497 e. The molecule has 1 fully saturated rings. The number of nitrogens with zero attached hydrogens (tertiary/aromatic N) is 1. The first-order chi connectivity index (χ1) is 14.4. The molecule has 2 aromatic carbocycles. The zero-order valence-electron chi connectivity index (χ0n) is 17.6. The van der Waals surface area contributed by atoms with Gasteiger partial charge < -0.3 is 20.5 Å². The number of aromatic nitrogens is 1. The minimum atomic E-state index is -0.402. The Morgan fingerprint density at radius 3 is 2.73 bits per heavy atom. The highest BCUT2D eigenvalue weighted by molar-refractivity contribution is 5.97. The van der Waals surface area contributed by atoms with Crippen molar-refractivity contribution >= 4 is 16.7 Å². The average molecular weight is 405 g/mol. The van der Waals surface area contributed by atoms with E-state index in [9.17, 15) is 4.79 Å². The molecule has 1 aliphatic carbocycles. The topological polar surface area (TPSA) is 86.5 Å². The Morgan fingerprint density at radius 1 is 1.23 bits per heavy atom. The van der Waals surface area contributed by atoms with Crippen LogP contribution in [0.5, 0.6) is 11.5 Å². The number of carbonyl (C=O) groups is 1. The lowest BCUT2D eigenvalue weighted by Gasteiger charge is -2.22. The number of amides is 1. The summed E-state index contributed by atoms with van der Waals surface area (Å²) < 4.78 is 11.2. The number of ether oxygens (including phenoxy) is 2. The summed E-state index contributed by atoms with van der Waals surface area (Å²) in [5, 5.41) is 5.35. The zero-order chi connectivity index (χ0) is 21.3. The first-order valence-electron chi connectivity index (χ1n) is 10.2. The van der Waals surface area contributed by atoms with Crippen molar-refractivity contribution in [2.24, 2.45) is 5.73 Å². The number of carbonyl (C=O) groups excluding carboxylic acids is 1. The van der Waals surface area contributed by atoms with Crippen LogP contribution in [0.15, 0.2) is 48.8 Å². The molecule has 1 aromatic heterocycles. The first-order valence-corrected chi connectivity index (χ1v) is 10.2. The second-order valence-corrected chi connectivity index (χ2v) is 8.07. The molecule has 6 nitrogen and oxygen atoms in total. The van der Waals surface area contributed by atoms with Crippen molar-refractivity contribution in [2.75, 3.05) is 13.7 Å². The maximum absolute atomic E-state index is 13.2. The van der Waals surface area contributed by atoms with Crippen molar-refractivity contribution in [3.63, 3.8) is 0 Å². The lowest BCUT2D eigenvalue weighted by Crippen LogP contribution is -2.35. The van der Waals surface area contributed by atoms with Crippen molar-refractivity contribution in [1.29, 1.82) is 0 Å². The van der Waals surface area contributed by atoms with Crippen LogP contribution in [0, 0.1) is 6.92 Å². The third-order valence-electron chi connectivity index (χ3n) is 5.55. The maximum atomic E-state index is 13.2. The first kappa shape index (κ1) is 20.2. The van der Waals surface area contributed by atoms with Crippen LogP contribution in [0.3, 0.4) is 0 Å². The van der Waals surface area contributed by atoms with E-state index >= 15 is 0 Å². The lowest BCUT2D eigenvalue weighted by atomic mass is 9.96. The molecule has 0 saturated heterocycles. The molecule has 1 saturated carbocycles. The van der Waals surface area contributed by atoms with E-state index in [1.165, 1.54) is 0 Å². The monoisotopic (exact) mass is 405 g/mol. The number of hydrogen-bond acceptors (Lipinski definition) is 5. The fraction of sp³-hybridized carbons (Fsp3) is 0.333. The van der Waals surface area contributed by atoms with Gasteiger partial charge in [0.1, 0.15) is 18.1 Å². The Balaban J connectivity index is 1.65. The fourth-order valence-corrected chi connectivity index (χ4v) is 3.73. The molecular formula is C24H27N3O3. The van der Waals surface area contributed by atoms with E-state index in [0.29, 0.717) is 17.9 Å². The minimum Gasteiger partial charge on any atom is -0.497 e. The molecule has 1 atom stereocenters. The Hall–Kier alpha value is -3.12. The minimum absolute atomic E-state index is 0.0749. The predicted molar refractivity (Wildman–Crippen MR) is 117 cm³/mol. The van der Waals surface area contributed by atoms with Gasteiger partial charge in [-0.3, -0.25) is 9.78 Å². The van der Waals surface area contributed by atoms with Gasteiger partial charge in [-0.2, -0.15) is 0 Å². The molecule has 156 valence electrons. The van der Waals surface area contributed by atoms with Crippen molar-refractivity contribution in [3.05, 3.63) is 65.5 Å². The molecule has 30 heavy (non-hydrogen) atoms. The second kappa shape index (κ2) is 7.95. The summed E-state index contributed by atoms with van der Waals surface area (Å²) in [6.07, 6.45) is 5.36. The standard InChI is InChI=1S/C24H27N3O3/c1-15-4-5-18(30-14-16(2)25)11-21(15)23(28)27-24(7-8-24)22-12-19(29-3)10-17-13-26-9-6-20(17)22/h4-6,9-13,16H,7-8,14,25H2,1-3H3,(H,27,28)/t16-/m1/s1. The van der Waals surface area contributed by atoms with Gasteiger partial charge in [-0.15, -0.1) is 0 Å². The normalized spacial score (nSPS) is 15.5. The third-order valence-corrected chi connectivity index (χ3v) is 5.55. The van der Waals surface area contributed by atoms with Crippen LogP contribution < -0.4 is 20.5 Å². The molecule has 1 aliphatic rings. The van der Waals surface area contributed by atoms with Gasteiger partial charge in [0.15, 0.2) is 0 Å². The molecule has 0 unspecified atom stereocenters. The number of rotatable bonds is 7. The summed E-state index contributed by atoms with van der Waals surface area (Å²) in [4.78, 5) is 17.5. The number of benzene rings is 2. The Morgan fingerprint density at radius 2 is 2.03 bits per heavy atom. The predicted octanol–water partition coefficient (Wildman–Crippen LogP) is 3.70. The molecule has 4 rings (SSSR count). The molecule has 1 amide bonds. The van der Waals surface area contributed by atoms with E-state index in [1.807, 2.05) is 50.4 Å². The Labute approximate surface area is 176 Å². The van der Waals surface area contributed by atoms with Gasteiger partial charge in [-0.1, -0.05) is 6.07 Å². The van der Waals surface area contributed by atoms with E-state index in [2.05, 4.69) is 10.3 Å². The van der Waals surface area contributed by atoms with Gasteiger partial charge in [-0.05, 0) is 73.5 Å². The SMILES string of the molecule is COc1cc(C2(NC(=O)c3cc(OC[C@@H](C)N)ccc3C)CC2)c2ccncc2c1. The van der Waals surface area contributed by atoms with Crippen LogP contribution in [0.1, 0.15) is 41.3 Å². The van der Waals surface area contributed by atoms with Crippen molar-refractivity contribution in [3.8, 4) is 11.5 Å². The number of hydrogen-bond donors (Lipinski definition) is 2. The van der Waals surface area contributed by atoms with Gasteiger partial charge in [-0.25, -0.2) is 0 Å². The van der Waals surface area contributed by atoms with E-state index in [1.54, 1.807) is 19.4 Å². The van der Waals surface area contributed by atoms with Crippen LogP contribution in [0.4, 0.5) is 0 Å². The Bertz CT molecular complexity index is 1090. The number of nitrogens with one attached hydrogen (secondary N) is 1. The van der Waals surface area contributed by atoms with Gasteiger partial charge in [0, 0.05) is 29.4 Å². The summed E-state index contributed by atoms with van der Waals surface area (Å²) in [5.74, 6) is 1.29. The van der Waals surface area contributed by atoms with Crippen LogP contribution in [0.2, 0.25) is 0 Å². The van der Waals surface area contributed by atoms with Crippen LogP contribution in [-0.4, -0.2) is 30.6 Å². The molecule has 0 radical (unpaired) electrons. The summed E-state index contributed by atoms with van der Waals surface area (Å²) in [7, 11) is 1.65. The van der Waals surface area contributed by atoms with E-state index < -0.39 is 5.54 Å². The van der Waals surface area contributed by atoms with Gasteiger partial charge >= 0.3 is 0 Å². The zero-order valence-corrected chi connectivity index (χ0v) is 17.6. The number of aryl methyl sites for hydroxylation is 1. The third kappa shape index (κ3) is 3.96. The quantitative estimate of drug-likeness (QED) is 0.626. The second-order valence-electron chi connectivity index (χ2n) is 8.07. The number of pyridine rings is 1. The summed E-state index contributed by atoms with van der Waals surface area (Å²) in [5.41, 5.74) is 7.94. The van der Waals surface area contributed by atoms with Gasteiger partial charge in [0.25, 0.3) is 5.91 Å². The summed E-state index contributed by atoms with van der Waals surface area (Å²) in [6, 6.07) is 11.5. The number of methoxy groups -OCH3 is 1. The van der Waals surface area contributed by atoms with Crippen LogP contribution in [-0.2, 0) is 5.54 Å². The maximum Gasteiger partial charge on any atom is 0.252 e. The molecule has 1 heterocycles. The summed E-state index contributed by atoms with van der Waals surface area (Å²) in [6.45, 7) is 4.21. The molecule has 0 aliphatic heterocycles. The number of nitrogens with two attached hydrogens (primary N) is 1. The van der Waals surface area contributed by atoms with Crippen LogP contribution >= 0.6 is 0 Å². The van der Waals surface area contributed by atoms with E-state index in [-0.39, 0.29) is 11.9 Å². The molecule has 0 spiro atoms. The molecule has 3 aromatic rings. The number of fused-ring (bicyclic) bond motifs is 1.